The Morgan fingerprint density at radius 3 is 2.80 bits per heavy atom. The molecule has 0 unspecified atom stereocenters. The Morgan fingerprint density at radius 1 is 1.45 bits per heavy atom. The number of benzene rings is 1. The average Bonchev–Trinajstić information content (AvgIpc) is 2.82. The van der Waals surface area contributed by atoms with Crippen LogP contribution in [0.5, 0.6) is 0 Å². The first-order chi connectivity index (χ1) is 9.56. The maximum absolute atomic E-state index is 11.8. The number of nitrogens with zero attached hydrogens (tertiary/aromatic N) is 3. The van der Waals surface area contributed by atoms with Crippen LogP contribution in [0, 0.1) is 5.41 Å². The van der Waals surface area contributed by atoms with Crippen LogP contribution >= 0.6 is 0 Å². The number of nitrogens with one attached hydrogen (secondary N) is 1. The van der Waals surface area contributed by atoms with Gasteiger partial charge in [-0.1, -0.05) is 17.3 Å². The van der Waals surface area contributed by atoms with Gasteiger partial charge in [0.25, 0.3) is 0 Å². The second kappa shape index (κ2) is 5.52. The third kappa shape index (κ3) is 2.37. The molecule has 20 heavy (non-hydrogen) atoms. The first-order valence-corrected chi connectivity index (χ1v) is 6.03. The third-order valence-electron chi connectivity index (χ3n) is 2.64. The minimum atomic E-state index is -0.767. The molecule has 0 amide bonds. The van der Waals surface area contributed by atoms with Crippen molar-refractivity contribution in [3.8, 4) is 0 Å². The monoisotopic (exact) mass is 274 g/mol. The van der Waals surface area contributed by atoms with Gasteiger partial charge in [0, 0.05) is 0 Å². The number of rotatable bonds is 3. The van der Waals surface area contributed by atoms with Gasteiger partial charge in [0.2, 0.25) is 0 Å². The number of aliphatic hydroxyl groups is 1. The van der Waals surface area contributed by atoms with E-state index in [1.165, 1.54) is 11.6 Å². The number of para-hydroxylation sites is 1. The molecule has 1 aromatic heterocycles. The molecule has 0 fully saturated rings. The van der Waals surface area contributed by atoms with E-state index in [0.29, 0.717) is 11.0 Å². The molecule has 0 aliphatic heterocycles. The summed E-state index contributed by atoms with van der Waals surface area (Å²) in [5.74, 6) is -1.35. The highest BCUT2D eigenvalue weighted by Crippen LogP contribution is 2.14. The van der Waals surface area contributed by atoms with E-state index in [4.69, 9.17) is 10.1 Å². The van der Waals surface area contributed by atoms with E-state index in [1.807, 2.05) is 0 Å². The Labute approximate surface area is 115 Å². The average molecular weight is 274 g/mol. The first-order valence-electron chi connectivity index (χ1n) is 6.03. The number of carbonyl (C=O) groups excluding carboxylic acids is 1. The first kappa shape index (κ1) is 13.7. The maximum atomic E-state index is 11.8. The van der Waals surface area contributed by atoms with Gasteiger partial charge in [-0.25, -0.2) is 4.79 Å². The smallest absolute Gasteiger partial charge is 0.345 e. The number of allylic oxidation sites excluding steroid dienone is 1. The number of aliphatic hydroxyl groups excluding tert-OH is 1. The van der Waals surface area contributed by atoms with Gasteiger partial charge >= 0.3 is 5.97 Å². The highest BCUT2D eigenvalue weighted by atomic mass is 16.5. The predicted molar refractivity (Wildman–Crippen MR) is 72.6 cm³/mol. The van der Waals surface area contributed by atoms with Crippen LogP contribution in [0.4, 0.5) is 0 Å². The summed E-state index contributed by atoms with van der Waals surface area (Å²) in [5.41, 5.74) is 0.930. The molecule has 0 radical (unpaired) electrons. The summed E-state index contributed by atoms with van der Waals surface area (Å²) >= 11 is 0. The summed E-state index contributed by atoms with van der Waals surface area (Å²) in [6, 6.07) is 7.03. The van der Waals surface area contributed by atoms with Gasteiger partial charge in [-0.15, -0.1) is 5.10 Å². The molecular formula is C13H14N4O3. The van der Waals surface area contributed by atoms with E-state index < -0.39 is 5.97 Å². The zero-order valence-corrected chi connectivity index (χ0v) is 11.1. The Kier molecular flexibility index (Phi) is 3.79. The number of hydrogen-bond acceptors (Lipinski definition) is 6. The number of ether oxygens (including phenoxy) is 1. The Hall–Kier alpha value is -2.70. The summed E-state index contributed by atoms with van der Waals surface area (Å²) in [4.78, 5) is 11.8. The molecule has 1 aromatic carbocycles. The van der Waals surface area contributed by atoms with Gasteiger partial charge in [-0.3, -0.25) is 5.41 Å². The van der Waals surface area contributed by atoms with Crippen LogP contribution in [-0.2, 0) is 9.53 Å². The van der Waals surface area contributed by atoms with Gasteiger partial charge in [0.1, 0.15) is 16.8 Å². The van der Waals surface area contributed by atoms with E-state index in [1.54, 1.807) is 31.2 Å². The topological polar surface area (TPSA) is 101 Å². The van der Waals surface area contributed by atoms with Crippen molar-refractivity contribution in [2.45, 2.75) is 13.8 Å². The zero-order valence-electron chi connectivity index (χ0n) is 11.1. The van der Waals surface area contributed by atoms with Gasteiger partial charge < -0.3 is 9.84 Å². The van der Waals surface area contributed by atoms with Gasteiger partial charge in [0.05, 0.1) is 12.1 Å². The van der Waals surface area contributed by atoms with Crippen molar-refractivity contribution in [2.75, 3.05) is 6.61 Å². The number of hydrogen-bond donors (Lipinski definition) is 2. The molecule has 104 valence electrons. The Balaban J connectivity index is 2.48. The lowest BCUT2D eigenvalue weighted by molar-refractivity contribution is -0.138. The fourth-order valence-corrected chi connectivity index (χ4v) is 1.76. The molecular weight excluding hydrogens is 260 g/mol. The van der Waals surface area contributed by atoms with Crippen LogP contribution < -0.4 is 0 Å². The van der Waals surface area contributed by atoms with Crippen molar-refractivity contribution in [3.05, 3.63) is 35.6 Å². The molecule has 7 nitrogen and oxygen atoms in total. The van der Waals surface area contributed by atoms with Crippen molar-refractivity contribution in [1.82, 2.24) is 15.0 Å². The number of carbonyl (C=O) groups is 1. The van der Waals surface area contributed by atoms with E-state index in [-0.39, 0.29) is 23.8 Å². The SMILES string of the molecule is CCOC(=O)/C(C(=N)n1nnc2ccccc21)=C(\C)O. The molecule has 0 aliphatic rings. The summed E-state index contributed by atoms with van der Waals surface area (Å²) in [6.07, 6.45) is 0. The zero-order chi connectivity index (χ0) is 14.7. The van der Waals surface area contributed by atoms with Crippen molar-refractivity contribution in [1.29, 1.82) is 5.41 Å². The molecule has 7 heteroatoms. The summed E-state index contributed by atoms with van der Waals surface area (Å²) in [6.45, 7) is 3.12. The minimum absolute atomic E-state index is 0.154. The summed E-state index contributed by atoms with van der Waals surface area (Å²) < 4.78 is 6.02. The van der Waals surface area contributed by atoms with Crippen LogP contribution in [0.1, 0.15) is 13.8 Å². The molecule has 0 atom stereocenters. The minimum Gasteiger partial charge on any atom is -0.512 e. The van der Waals surface area contributed by atoms with E-state index in [2.05, 4.69) is 10.3 Å². The van der Waals surface area contributed by atoms with E-state index in [9.17, 15) is 9.90 Å². The second-order valence-corrected chi connectivity index (χ2v) is 4.02. The number of aromatic nitrogens is 3. The van der Waals surface area contributed by atoms with Crippen molar-refractivity contribution in [3.63, 3.8) is 0 Å². The predicted octanol–water partition coefficient (Wildman–Crippen LogP) is 1.65. The Morgan fingerprint density at radius 2 is 2.15 bits per heavy atom. The molecule has 0 saturated carbocycles. The van der Waals surface area contributed by atoms with Crippen LogP contribution in [0.2, 0.25) is 0 Å². The molecule has 0 bridgehead atoms. The van der Waals surface area contributed by atoms with Crippen LogP contribution in [-0.4, -0.2) is 38.5 Å². The fraction of sp³-hybridized carbons (Fsp3) is 0.231. The largest absolute Gasteiger partial charge is 0.512 e. The second-order valence-electron chi connectivity index (χ2n) is 4.02. The standard InChI is InChI=1S/C13H14N4O3/c1-3-20-13(19)11(8(2)18)12(14)17-10-7-5-4-6-9(10)15-16-17/h4-7,14,18H,3H2,1-2H3/b11-8+,14-12?. The normalized spacial score (nSPS) is 12.1. The van der Waals surface area contributed by atoms with E-state index >= 15 is 0 Å². The molecule has 2 N–H and O–H groups in total. The fourth-order valence-electron chi connectivity index (χ4n) is 1.76. The molecule has 1 heterocycles. The number of fused-ring (bicyclic) bond motifs is 1. The quantitative estimate of drug-likeness (QED) is 0.291. The Bertz CT molecular complexity index is 698. The summed E-state index contributed by atoms with van der Waals surface area (Å²) in [7, 11) is 0. The number of esters is 1. The maximum Gasteiger partial charge on any atom is 0.345 e. The lowest BCUT2D eigenvalue weighted by Gasteiger charge is -2.09. The van der Waals surface area contributed by atoms with Gasteiger partial charge in [-0.05, 0) is 26.0 Å². The van der Waals surface area contributed by atoms with Gasteiger partial charge in [0.15, 0.2) is 5.84 Å². The van der Waals surface area contributed by atoms with E-state index in [0.717, 1.165) is 0 Å². The highest BCUT2D eigenvalue weighted by molar-refractivity contribution is 6.19. The lowest BCUT2D eigenvalue weighted by atomic mass is 10.2. The summed E-state index contributed by atoms with van der Waals surface area (Å²) in [5, 5.41) is 25.4. The molecule has 0 saturated heterocycles. The molecule has 0 spiro atoms. The molecule has 2 aromatic rings. The van der Waals surface area contributed by atoms with Gasteiger partial charge in [-0.2, -0.15) is 4.68 Å². The van der Waals surface area contributed by atoms with Crippen LogP contribution in [0.15, 0.2) is 35.6 Å². The van der Waals surface area contributed by atoms with Crippen LogP contribution in [0.25, 0.3) is 11.0 Å². The van der Waals surface area contributed by atoms with Crippen molar-refractivity contribution in [2.24, 2.45) is 0 Å². The van der Waals surface area contributed by atoms with Crippen molar-refractivity contribution >= 4 is 22.8 Å². The van der Waals surface area contributed by atoms with Crippen molar-refractivity contribution < 1.29 is 14.6 Å². The molecule has 0 aliphatic carbocycles. The van der Waals surface area contributed by atoms with Crippen LogP contribution in [0.3, 0.4) is 0 Å². The highest BCUT2D eigenvalue weighted by Gasteiger charge is 2.23. The third-order valence-corrected chi connectivity index (χ3v) is 2.64. The molecule has 2 rings (SSSR count). The lowest BCUT2D eigenvalue weighted by Crippen LogP contribution is -2.24.